The van der Waals surface area contributed by atoms with Gasteiger partial charge in [0, 0.05) is 17.7 Å². The number of hydrogen-bond acceptors (Lipinski definition) is 6. The second-order valence-electron chi connectivity index (χ2n) is 9.03. The second kappa shape index (κ2) is 8.90. The van der Waals surface area contributed by atoms with Crippen molar-refractivity contribution in [3.63, 3.8) is 0 Å². The zero-order chi connectivity index (χ0) is 21.9. The van der Waals surface area contributed by atoms with Gasteiger partial charge in [-0.25, -0.2) is 9.78 Å². The molecule has 7 nitrogen and oxygen atoms in total. The summed E-state index contributed by atoms with van der Waals surface area (Å²) in [5.74, 6) is 0.893. The summed E-state index contributed by atoms with van der Waals surface area (Å²) < 4.78 is 5.44. The Morgan fingerprint density at radius 2 is 1.83 bits per heavy atom. The van der Waals surface area contributed by atoms with E-state index in [2.05, 4.69) is 40.5 Å². The van der Waals surface area contributed by atoms with E-state index in [0.717, 1.165) is 36.9 Å². The molecule has 1 amide bonds. The Kier molecular flexibility index (Phi) is 6.48. The fraction of sp³-hybridized carbons (Fsp3) is 0.522. The quantitative estimate of drug-likeness (QED) is 0.680. The molecule has 0 bridgehead atoms. The van der Waals surface area contributed by atoms with Gasteiger partial charge in [-0.05, 0) is 58.6 Å². The number of hydrogen-bond donors (Lipinski definition) is 3. The lowest BCUT2D eigenvalue weighted by molar-refractivity contribution is 0.0488. The molecule has 1 heterocycles. The van der Waals surface area contributed by atoms with E-state index in [0.29, 0.717) is 5.82 Å². The molecule has 1 aliphatic carbocycles. The summed E-state index contributed by atoms with van der Waals surface area (Å²) in [6.45, 7) is 9.75. The van der Waals surface area contributed by atoms with Crippen LogP contribution in [0.15, 0.2) is 24.3 Å². The van der Waals surface area contributed by atoms with Gasteiger partial charge in [0.2, 0.25) is 5.95 Å². The van der Waals surface area contributed by atoms with Crippen molar-refractivity contribution in [2.24, 2.45) is 0 Å². The molecule has 1 fully saturated rings. The van der Waals surface area contributed by atoms with Crippen molar-refractivity contribution in [2.45, 2.75) is 78.0 Å². The second-order valence-corrected chi connectivity index (χ2v) is 9.03. The third-order valence-corrected chi connectivity index (χ3v) is 5.43. The Bertz CT molecular complexity index is 907. The molecule has 7 heteroatoms. The Hall–Kier alpha value is -2.83. The van der Waals surface area contributed by atoms with Crippen molar-refractivity contribution in [1.82, 2.24) is 15.3 Å². The van der Waals surface area contributed by atoms with Gasteiger partial charge in [0.1, 0.15) is 11.4 Å². The first-order chi connectivity index (χ1) is 14.1. The Balaban J connectivity index is 1.79. The molecular weight excluding hydrogens is 378 g/mol. The van der Waals surface area contributed by atoms with Gasteiger partial charge in [-0.15, -0.1) is 0 Å². The van der Waals surface area contributed by atoms with Crippen LogP contribution in [0.5, 0.6) is 0 Å². The first kappa shape index (κ1) is 21.9. The van der Waals surface area contributed by atoms with Gasteiger partial charge < -0.3 is 21.1 Å². The predicted molar refractivity (Wildman–Crippen MR) is 120 cm³/mol. The molecule has 1 aromatic carbocycles. The minimum absolute atomic E-state index is 0.0334. The van der Waals surface area contributed by atoms with Crippen LogP contribution in [-0.2, 0) is 4.74 Å². The average molecular weight is 412 g/mol. The van der Waals surface area contributed by atoms with E-state index in [1.807, 2.05) is 39.0 Å². The maximum atomic E-state index is 12.3. The maximum absolute atomic E-state index is 12.3. The number of nitrogen functional groups attached to an aromatic ring is 1. The van der Waals surface area contributed by atoms with Crippen LogP contribution in [0.2, 0.25) is 0 Å². The lowest BCUT2D eigenvalue weighted by Gasteiger charge is -2.33. The number of aromatic nitrogens is 2. The van der Waals surface area contributed by atoms with Crippen molar-refractivity contribution >= 4 is 17.9 Å². The van der Waals surface area contributed by atoms with E-state index in [1.54, 1.807) is 0 Å². The van der Waals surface area contributed by atoms with E-state index >= 15 is 0 Å². The number of nitrogens with one attached hydrogen (secondary N) is 2. The van der Waals surface area contributed by atoms with Crippen LogP contribution in [0.25, 0.3) is 11.3 Å². The van der Waals surface area contributed by atoms with Crippen molar-refractivity contribution in [2.75, 3.05) is 11.1 Å². The molecule has 2 unspecified atom stereocenters. The number of benzene rings is 1. The van der Waals surface area contributed by atoms with E-state index in [-0.39, 0.29) is 24.1 Å². The van der Waals surface area contributed by atoms with E-state index in [9.17, 15) is 4.79 Å². The number of anilines is 2. The molecule has 2 atom stereocenters. The van der Waals surface area contributed by atoms with E-state index in [1.165, 1.54) is 11.1 Å². The number of nitrogens with two attached hydrogens (primary N) is 1. The number of alkyl carbamates (subject to hydrolysis) is 1. The molecule has 4 N–H and O–H groups in total. The third-order valence-electron chi connectivity index (χ3n) is 5.43. The van der Waals surface area contributed by atoms with Crippen LogP contribution in [0.1, 0.15) is 57.6 Å². The van der Waals surface area contributed by atoms with Gasteiger partial charge in [-0.3, -0.25) is 0 Å². The third kappa shape index (κ3) is 5.62. The summed E-state index contributed by atoms with van der Waals surface area (Å²) in [5, 5.41) is 6.51. The van der Waals surface area contributed by atoms with Crippen LogP contribution >= 0.6 is 0 Å². The number of nitrogens with zero attached hydrogens (tertiary/aromatic N) is 2. The number of rotatable bonds is 4. The molecule has 0 radical (unpaired) electrons. The van der Waals surface area contributed by atoms with Crippen LogP contribution < -0.4 is 16.4 Å². The van der Waals surface area contributed by atoms with Gasteiger partial charge in [0.15, 0.2) is 0 Å². The van der Waals surface area contributed by atoms with E-state index in [4.69, 9.17) is 10.5 Å². The Morgan fingerprint density at radius 1 is 1.13 bits per heavy atom. The van der Waals surface area contributed by atoms with Crippen molar-refractivity contribution in [1.29, 1.82) is 0 Å². The average Bonchev–Trinajstić information content (AvgIpc) is 2.63. The van der Waals surface area contributed by atoms with Crippen LogP contribution in [-0.4, -0.2) is 33.7 Å². The number of aryl methyl sites for hydroxylation is 1. The first-order valence-corrected chi connectivity index (χ1v) is 10.6. The zero-order valence-electron chi connectivity index (χ0n) is 18.6. The number of carbonyl (C=O) groups excluding carboxylic acids is 1. The van der Waals surface area contributed by atoms with Crippen LogP contribution in [0, 0.1) is 13.8 Å². The minimum atomic E-state index is -0.524. The van der Waals surface area contributed by atoms with Crippen LogP contribution in [0.3, 0.4) is 0 Å². The van der Waals surface area contributed by atoms with Crippen molar-refractivity contribution < 1.29 is 9.53 Å². The Morgan fingerprint density at radius 3 is 2.53 bits per heavy atom. The molecule has 0 saturated heterocycles. The number of carbonyl (C=O) groups is 1. The molecule has 1 aromatic heterocycles. The Labute approximate surface area is 178 Å². The minimum Gasteiger partial charge on any atom is -0.444 e. The highest BCUT2D eigenvalue weighted by molar-refractivity contribution is 5.69. The predicted octanol–water partition coefficient (Wildman–Crippen LogP) is 4.59. The lowest BCUT2D eigenvalue weighted by Crippen LogP contribution is -2.49. The summed E-state index contributed by atoms with van der Waals surface area (Å²) in [5.41, 5.74) is 9.70. The molecule has 30 heavy (non-hydrogen) atoms. The summed E-state index contributed by atoms with van der Waals surface area (Å²) in [6.07, 6.45) is 3.59. The molecule has 3 rings (SSSR count). The van der Waals surface area contributed by atoms with E-state index < -0.39 is 5.60 Å². The molecule has 0 aliphatic heterocycles. The molecule has 1 saturated carbocycles. The number of amides is 1. The molecule has 1 aliphatic rings. The van der Waals surface area contributed by atoms with Crippen molar-refractivity contribution in [3.8, 4) is 11.3 Å². The highest BCUT2D eigenvalue weighted by atomic mass is 16.6. The molecule has 2 aromatic rings. The summed E-state index contributed by atoms with van der Waals surface area (Å²) in [7, 11) is 0. The van der Waals surface area contributed by atoms with Gasteiger partial charge in [-0.2, -0.15) is 4.98 Å². The molecule has 0 spiro atoms. The monoisotopic (exact) mass is 411 g/mol. The summed E-state index contributed by atoms with van der Waals surface area (Å²) in [4.78, 5) is 21.1. The fourth-order valence-corrected chi connectivity index (χ4v) is 3.83. The molecule has 162 valence electrons. The highest BCUT2D eigenvalue weighted by Gasteiger charge is 2.29. The van der Waals surface area contributed by atoms with Gasteiger partial charge in [0.05, 0.1) is 11.7 Å². The maximum Gasteiger partial charge on any atom is 0.407 e. The normalized spacial score (nSPS) is 19.2. The van der Waals surface area contributed by atoms with Crippen LogP contribution in [0.4, 0.5) is 16.6 Å². The smallest absolute Gasteiger partial charge is 0.407 e. The zero-order valence-corrected chi connectivity index (χ0v) is 18.6. The topological polar surface area (TPSA) is 102 Å². The van der Waals surface area contributed by atoms with Gasteiger partial charge in [0.25, 0.3) is 0 Å². The summed E-state index contributed by atoms with van der Waals surface area (Å²) in [6, 6.07) is 8.09. The summed E-state index contributed by atoms with van der Waals surface area (Å²) >= 11 is 0. The first-order valence-electron chi connectivity index (χ1n) is 10.6. The highest BCUT2D eigenvalue weighted by Crippen LogP contribution is 2.28. The van der Waals surface area contributed by atoms with Crippen molar-refractivity contribution in [3.05, 3.63) is 35.4 Å². The van der Waals surface area contributed by atoms with Gasteiger partial charge in [-0.1, -0.05) is 31.0 Å². The number of ether oxygens (including phenoxy) is 1. The molecular formula is C23H33N5O2. The standard InChI is InChI=1S/C23H33N5O2/c1-14-9-8-10-16(15(14)2)19-13-20(28-21(24)26-19)25-17-11-6-7-12-18(17)27-22(29)30-23(3,4)5/h8-10,13,17-18H,6-7,11-12H2,1-5H3,(H,27,29)(H3,24,25,26,28). The fourth-order valence-electron chi connectivity index (χ4n) is 3.83. The van der Waals surface area contributed by atoms with Gasteiger partial charge >= 0.3 is 6.09 Å². The largest absolute Gasteiger partial charge is 0.444 e. The lowest BCUT2D eigenvalue weighted by atomic mass is 9.90. The SMILES string of the molecule is Cc1cccc(-c2cc(NC3CCCCC3NC(=O)OC(C)(C)C)nc(N)n2)c1C.